The molecule has 0 unspecified atom stereocenters. The molecule has 3 heterocycles. The van der Waals surface area contributed by atoms with Crippen LogP contribution in [0.25, 0.3) is 0 Å². The van der Waals surface area contributed by atoms with E-state index in [4.69, 9.17) is 4.74 Å². The number of piperidine rings is 1. The van der Waals surface area contributed by atoms with E-state index in [1.807, 2.05) is 0 Å². The Bertz CT molecular complexity index is 738. The zero-order valence-corrected chi connectivity index (χ0v) is 18.4. The summed E-state index contributed by atoms with van der Waals surface area (Å²) in [5.41, 5.74) is 2.78. The van der Waals surface area contributed by atoms with Crippen molar-refractivity contribution in [3.63, 3.8) is 0 Å². The molecule has 0 N–H and O–H groups in total. The molecule has 1 aliphatic carbocycles. The standard InChI is InChI=1S/C25H37N3O2/c29-24-27(18-19-28(24)22-9-2-1-3-10-22)15-7-6-14-26-16-12-25(13-17-26)23-11-5-4-8-21(23)20-30-25/h4-5,8,11,22H,1-3,6-7,9-10,12-20H2. The molecule has 0 aromatic heterocycles. The van der Waals surface area contributed by atoms with Crippen molar-refractivity contribution in [2.75, 3.05) is 39.3 Å². The number of hydrogen-bond acceptors (Lipinski definition) is 3. The van der Waals surface area contributed by atoms with Gasteiger partial charge in [-0.25, -0.2) is 4.79 Å². The van der Waals surface area contributed by atoms with E-state index in [2.05, 4.69) is 39.0 Å². The molecule has 5 rings (SSSR count). The van der Waals surface area contributed by atoms with Gasteiger partial charge >= 0.3 is 6.03 Å². The average molecular weight is 412 g/mol. The third kappa shape index (κ3) is 3.99. The summed E-state index contributed by atoms with van der Waals surface area (Å²) in [4.78, 5) is 19.6. The van der Waals surface area contributed by atoms with Crippen molar-refractivity contribution in [2.45, 2.75) is 76.0 Å². The monoisotopic (exact) mass is 411 g/mol. The molecule has 5 nitrogen and oxygen atoms in total. The zero-order chi connectivity index (χ0) is 20.4. The van der Waals surface area contributed by atoms with Gasteiger partial charge in [0.2, 0.25) is 0 Å². The van der Waals surface area contributed by atoms with Crippen LogP contribution in [0.3, 0.4) is 0 Å². The van der Waals surface area contributed by atoms with Crippen LogP contribution in [0.1, 0.15) is 68.9 Å². The molecule has 1 aromatic rings. The van der Waals surface area contributed by atoms with Crippen molar-refractivity contribution in [1.82, 2.24) is 14.7 Å². The maximum absolute atomic E-state index is 12.8. The molecule has 1 aromatic carbocycles. The number of hydrogen-bond donors (Lipinski definition) is 0. The summed E-state index contributed by atoms with van der Waals surface area (Å²) in [5.74, 6) is 0. The minimum absolute atomic E-state index is 0.0301. The molecule has 0 atom stereocenters. The lowest BCUT2D eigenvalue weighted by atomic mass is 9.84. The largest absolute Gasteiger partial charge is 0.365 e. The molecule has 164 valence electrons. The van der Waals surface area contributed by atoms with E-state index < -0.39 is 0 Å². The normalized spacial score (nSPS) is 24.7. The number of fused-ring (bicyclic) bond motifs is 2. The van der Waals surface area contributed by atoms with Crippen molar-refractivity contribution in [1.29, 1.82) is 0 Å². The fraction of sp³-hybridized carbons (Fsp3) is 0.720. The number of amides is 2. The number of carbonyl (C=O) groups is 1. The SMILES string of the molecule is O=C1N(CCCCN2CCC3(CC2)OCc2ccccc23)CCN1C1CCCCC1. The molecule has 0 bridgehead atoms. The van der Waals surface area contributed by atoms with Crippen LogP contribution in [0.2, 0.25) is 0 Å². The van der Waals surface area contributed by atoms with Gasteiger partial charge in [-0.3, -0.25) is 0 Å². The highest BCUT2D eigenvalue weighted by Crippen LogP contribution is 2.43. The number of urea groups is 1. The maximum atomic E-state index is 12.8. The van der Waals surface area contributed by atoms with Crippen molar-refractivity contribution in [3.8, 4) is 0 Å². The predicted molar refractivity (Wildman–Crippen MR) is 118 cm³/mol. The second-order valence-corrected chi connectivity index (χ2v) is 9.74. The van der Waals surface area contributed by atoms with Gasteiger partial charge in [0, 0.05) is 38.8 Å². The number of carbonyl (C=O) groups excluding carboxylic acids is 1. The molecule has 2 saturated heterocycles. The Hall–Kier alpha value is -1.59. The summed E-state index contributed by atoms with van der Waals surface area (Å²) in [6.07, 6.45) is 10.9. The van der Waals surface area contributed by atoms with Gasteiger partial charge in [0.15, 0.2) is 0 Å². The molecule has 4 aliphatic rings. The lowest BCUT2D eigenvalue weighted by Gasteiger charge is -2.39. The molecular weight excluding hydrogens is 374 g/mol. The minimum Gasteiger partial charge on any atom is -0.365 e. The van der Waals surface area contributed by atoms with E-state index in [-0.39, 0.29) is 5.60 Å². The Morgan fingerprint density at radius 1 is 0.933 bits per heavy atom. The Balaban J connectivity index is 1.03. The first kappa shape index (κ1) is 20.3. The zero-order valence-electron chi connectivity index (χ0n) is 18.4. The van der Waals surface area contributed by atoms with Gasteiger partial charge in [0.05, 0.1) is 12.2 Å². The maximum Gasteiger partial charge on any atom is 0.320 e. The Labute approximate surface area is 181 Å². The molecule has 3 aliphatic heterocycles. The Morgan fingerprint density at radius 3 is 2.53 bits per heavy atom. The van der Waals surface area contributed by atoms with Gasteiger partial charge in [-0.2, -0.15) is 0 Å². The highest BCUT2D eigenvalue weighted by molar-refractivity contribution is 5.76. The van der Waals surface area contributed by atoms with Crippen molar-refractivity contribution in [3.05, 3.63) is 35.4 Å². The number of likely N-dealkylation sites (tertiary alicyclic amines) is 1. The second-order valence-electron chi connectivity index (χ2n) is 9.74. The lowest BCUT2D eigenvalue weighted by molar-refractivity contribution is -0.0788. The summed E-state index contributed by atoms with van der Waals surface area (Å²) >= 11 is 0. The van der Waals surface area contributed by atoms with Crippen LogP contribution in [0, 0.1) is 0 Å². The van der Waals surface area contributed by atoms with E-state index in [1.54, 1.807) is 0 Å². The fourth-order valence-corrected chi connectivity index (χ4v) is 6.11. The summed E-state index contributed by atoms with van der Waals surface area (Å²) in [7, 11) is 0. The highest BCUT2D eigenvalue weighted by atomic mass is 16.5. The average Bonchev–Trinajstić information content (AvgIpc) is 3.34. The van der Waals surface area contributed by atoms with Crippen LogP contribution in [-0.4, -0.2) is 66.0 Å². The third-order valence-corrected chi connectivity index (χ3v) is 7.97. The van der Waals surface area contributed by atoms with Crippen molar-refractivity contribution < 1.29 is 9.53 Å². The topological polar surface area (TPSA) is 36.0 Å². The Kier molecular flexibility index (Phi) is 6.01. The van der Waals surface area contributed by atoms with Crippen LogP contribution in [0.15, 0.2) is 24.3 Å². The fourth-order valence-electron chi connectivity index (χ4n) is 6.11. The van der Waals surface area contributed by atoms with Gasteiger partial charge in [0.1, 0.15) is 0 Å². The number of nitrogens with zero attached hydrogens (tertiary/aromatic N) is 3. The number of benzene rings is 1. The van der Waals surface area contributed by atoms with Crippen LogP contribution < -0.4 is 0 Å². The molecular formula is C25H37N3O2. The van der Waals surface area contributed by atoms with Gasteiger partial charge in [-0.15, -0.1) is 0 Å². The summed E-state index contributed by atoms with van der Waals surface area (Å²) in [5, 5.41) is 0. The van der Waals surface area contributed by atoms with E-state index in [0.29, 0.717) is 12.1 Å². The molecule has 0 radical (unpaired) electrons. The van der Waals surface area contributed by atoms with Gasteiger partial charge < -0.3 is 19.4 Å². The van der Waals surface area contributed by atoms with Gasteiger partial charge in [-0.05, 0) is 56.2 Å². The summed E-state index contributed by atoms with van der Waals surface area (Å²) < 4.78 is 6.29. The molecule has 3 fully saturated rings. The van der Waals surface area contributed by atoms with E-state index in [9.17, 15) is 4.79 Å². The van der Waals surface area contributed by atoms with Crippen LogP contribution >= 0.6 is 0 Å². The van der Waals surface area contributed by atoms with Crippen LogP contribution in [-0.2, 0) is 16.9 Å². The third-order valence-electron chi connectivity index (χ3n) is 7.97. The van der Waals surface area contributed by atoms with Crippen molar-refractivity contribution in [2.24, 2.45) is 0 Å². The second kappa shape index (κ2) is 8.88. The minimum atomic E-state index is -0.0301. The van der Waals surface area contributed by atoms with Crippen LogP contribution in [0.5, 0.6) is 0 Å². The van der Waals surface area contributed by atoms with Crippen molar-refractivity contribution >= 4 is 6.03 Å². The molecule has 2 amide bonds. The Morgan fingerprint density at radius 2 is 1.70 bits per heavy atom. The molecule has 1 saturated carbocycles. The number of rotatable bonds is 6. The summed E-state index contributed by atoms with van der Waals surface area (Å²) in [6, 6.07) is 9.57. The quantitative estimate of drug-likeness (QED) is 0.653. The van der Waals surface area contributed by atoms with Gasteiger partial charge in [-0.1, -0.05) is 43.5 Å². The van der Waals surface area contributed by atoms with E-state index in [0.717, 1.165) is 65.1 Å². The first-order chi connectivity index (χ1) is 14.8. The predicted octanol–water partition coefficient (Wildman–Crippen LogP) is 4.36. The first-order valence-corrected chi connectivity index (χ1v) is 12.3. The lowest BCUT2D eigenvalue weighted by Crippen LogP contribution is -2.43. The van der Waals surface area contributed by atoms with E-state index >= 15 is 0 Å². The molecule has 1 spiro atoms. The van der Waals surface area contributed by atoms with E-state index in [1.165, 1.54) is 49.7 Å². The summed E-state index contributed by atoms with van der Waals surface area (Å²) in [6.45, 7) is 6.96. The number of ether oxygens (including phenoxy) is 1. The first-order valence-electron chi connectivity index (χ1n) is 12.3. The molecule has 5 heteroatoms. The van der Waals surface area contributed by atoms with Crippen LogP contribution in [0.4, 0.5) is 4.79 Å². The highest BCUT2D eigenvalue weighted by Gasteiger charge is 2.42. The smallest absolute Gasteiger partial charge is 0.320 e. The van der Waals surface area contributed by atoms with Gasteiger partial charge in [0.25, 0.3) is 0 Å². The molecule has 30 heavy (non-hydrogen) atoms. The number of unbranched alkanes of at least 4 members (excludes halogenated alkanes) is 1.